The number of carboxylic acid groups (broad SMARTS) is 1. The van der Waals surface area contributed by atoms with Gasteiger partial charge in [0.15, 0.2) is 0 Å². The first-order chi connectivity index (χ1) is 9.34. The van der Waals surface area contributed by atoms with Crippen molar-refractivity contribution in [1.82, 2.24) is 4.90 Å². The first-order valence-electron chi connectivity index (χ1n) is 6.47. The number of carbonyl (C=O) groups is 2. The van der Waals surface area contributed by atoms with E-state index in [1.54, 1.807) is 32.2 Å². The molecule has 5 heteroatoms. The Morgan fingerprint density at radius 1 is 1.35 bits per heavy atom. The number of ether oxygens (including phenoxy) is 1. The maximum absolute atomic E-state index is 12.5. The summed E-state index contributed by atoms with van der Waals surface area (Å²) in [5.41, 5.74) is 0.0987. The van der Waals surface area contributed by atoms with Crippen LogP contribution in [0.25, 0.3) is 0 Å². The fraction of sp³-hybridized carbons (Fsp3) is 0.467. The molecule has 0 atom stereocenters. The SMILES string of the molecule is CCN(C(=O)c1cccc(COC)c1)C(C)(C)C(=O)O. The van der Waals surface area contributed by atoms with E-state index < -0.39 is 11.5 Å². The van der Waals surface area contributed by atoms with Crippen molar-refractivity contribution >= 4 is 11.9 Å². The summed E-state index contributed by atoms with van der Waals surface area (Å²) < 4.78 is 5.04. The maximum atomic E-state index is 12.5. The zero-order chi connectivity index (χ0) is 15.3. The van der Waals surface area contributed by atoms with Gasteiger partial charge in [-0.25, -0.2) is 4.79 Å². The van der Waals surface area contributed by atoms with Crippen molar-refractivity contribution in [1.29, 1.82) is 0 Å². The van der Waals surface area contributed by atoms with Crippen molar-refractivity contribution in [2.45, 2.75) is 32.9 Å². The van der Waals surface area contributed by atoms with Crippen molar-refractivity contribution in [2.75, 3.05) is 13.7 Å². The highest BCUT2D eigenvalue weighted by Gasteiger charge is 2.37. The minimum atomic E-state index is -1.25. The van der Waals surface area contributed by atoms with Gasteiger partial charge in [-0.15, -0.1) is 0 Å². The minimum absolute atomic E-state index is 0.294. The number of nitrogens with zero attached hydrogens (tertiary/aromatic N) is 1. The third kappa shape index (κ3) is 3.36. The quantitative estimate of drug-likeness (QED) is 0.866. The largest absolute Gasteiger partial charge is 0.480 e. The molecule has 0 aliphatic heterocycles. The highest BCUT2D eigenvalue weighted by molar-refractivity contribution is 5.97. The molecule has 0 bridgehead atoms. The molecule has 1 amide bonds. The van der Waals surface area contributed by atoms with Crippen molar-refractivity contribution in [3.8, 4) is 0 Å². The molecule has 5 nitrogen and oxygen atoms in total. The molecule has 0 aromatic heterocycles. The molecule has 0 spiro atoms. The van der Waals surface area contributed by atoms with Crippen LogP contribution in [0.2, 0.25) is 0 Å². The average molecular weight is 279 g/mol. The zero-order valence-corrected chi connectivity index (χ0v) is 12.3. The van der Waals surface area contributed by atoms with E-state index >= 15 is 0 Å². The topological polar surface area (TPSA) is 66.8 Å². The van der Waals surface area contributed by atoms with Crippen LogP contribution in [0.4, 0.5) is 0 Å². The Labute approximate surface area is 119 Å². The molecule has 1 rings (SSSR count). The molecule has 1 aromatic carbocycles. The van der Waals surface area contributed by atoms with Gasteiger partial charge in [0.05, 0.1) is 6.61 Å². The van der Waals surface area contributed by atoms with Gasteiger partial charge in [0.2, 0.25) is 0 Å². The number of carboxylic acids is 1. The van der Waals surface area contributed by atoms with Crippen LogP contribution in [0.1, 0.15) is 36.7 Å². The third-order valence-electron chi connectivity index (χ3n) is 3.24. The van der Waals surface area contributed by atoms with E-state index in [0.29, 0.717) is 18.7 Å². The summed E-state index contributed by atoms with van der Waals surface area (Å²) in [6, 6.07) is 7.04. The zero-order valence-electron chi connectivity index (χ0n) is 12.3. The van der Waals surface area contributed by atoms with E-state index in [0.717, 1.165) is 5.56 Å². The van der Waals surface area contributed by atoms with E-state index in [-0.39, 0.29) is 5.91 Å². The summed E-state index contributed by atoms with van der Waals surface area (Å²) in [4.78, 5) is 25.2. The van der Waals surface area contributed by atoms with Crippen molar-refractivity contribution in [3.63, 3.8) is 0 Å². The molecule has 0 fully saturated rings. The lowest BCUT2D eigenvalue weighted by Crippen LogP contribution is -2.52. The van der Waals surface area contributed by atoms with Crippen molar-refractivity contribution < 1.29 is 19.4 Å². The van der Waals surface area contributed by atoms with Gasteiger partial charge in [0, 0.05) is 19.2 Å². The van der Waals surface area contributed by atoms with E-state index in [9.17, 15) is 14.7 Å². The predicted octanol–water partition coefficient (Wildman–Crippen LogP) is 2.16. The molecular weight excluding hydrogens is 258 g/mol. The number of aliphatic carboxylic acids is 1. The monoisotopic (exact) mass is 279 g/mol. The Balaban J connectivity index is 3.08. The first-order valence-corrected chi connectivity index (χ1v) is 6.47. The van der Waals surface area contributed by atoms with E-state index in [2.05, 4.69) is 0 Å². The molecule has 0 aliphatic rings. The summed E-state index contributed by atoms with van der Waals surface area (Å²) >= 11 is 0. The second-order valence-electron chi connectivity index (χ2n) is 5.05. The second kappa shape index (κ2) is 6.52. The fourth-order valence-corrected chi connectivity index (χ4v) is 2.02. The Morgan fingerprint density at radius 2 is 2.00 bits per heavy atom. The third-order valence-corrected chi connectivity index (χ3v) is 3.24. The summed E-state index contributed by atoms with van der Waals surface area (Å²) in [6.07, 6.45) is 0. The number of hydrogen-bond acceptors (Lipinski definition) is 3. The average Bonchev–Trinajstić information content (AvgIpc) is 2.39. The lowest BCUT2D eigenvalue weighted by atomic mass is 10.0. The molecule has 0 saturated heterocycles. The Hall–Kier alpha value is -1.88. The van der Waals surface area contributed by atoms with Gasteiger partial charge in [-0.3, -0.25) is 4.79 Å². The second-order valence-corrected chi connectivity index (χ2v) is 5.05. The van der Waals surface area contributed by atoms with E-state index in [1.807, 2.05) is 6.07 Å². The van der Waals surface area contributed by atoms with Gasteiger partial charge >= 0.3 is 5.97 Å². The molecule has 0 radical (unpaired) electrons. The molecule has 0 aliphatic carbocycles. The normalized spacial score (nSPS) is 11.2. The van der Waals surface area contributed by atoms with Crippen LogP contribution in [0.3, 0.4) is 0 Å². The Kier molecular flexibility index (Phi) is 5.27. The Bertz CT molecular complexity index is 496. The van der Waals surface area contributed by atoms with Crippen LogP contribution in [0.5, 0.6) is 0 Å². The number of rotatable bonds is 6. The lowest BCUT2D eigenvalue weighted by molar-refractivity contribution is -0.147. The molecule has 1 aromatic rings. The summed E-state index contributed by atoms with van der Waals surface area (Å²) in [5, 5.41) is 9.26. The van der Waals surface area contributed by atoms with Crippen LogP contribution in [-0.4, -0.2) is 41.1 Å². The molecule has 20 heavy (non-hydrogen) atoms. The van der Waals surface area contributed by atoms with Crippen LogP contribution >= 0.6 is 0 Å². The smallest absolute Gasteiger partial charge is 0.329 e. The summed E-state index contributed by atoms with van der Waals surface area (Å²) in [6.45, 7) is 5.55. The van der Waals surface area contributed by atoms with Crippen LogP contribution in [-0.2, 0) is 16.1 Å². The van der Waals surface area contributed by atoms with Gasteiger partial charge in [-0.2, -0.15) is 0 Å². The number of likely N-dealkylation sites (N-methyl/N-ethyl adjacent to an activating group) is 1. The standard InChI is InChI=1S/C15H21NO4/c1-5-16(15(2,3)14(18)19)13(17)12-8-6-7-11(9-12)10-20-4/h6-9H,5,10H2,1-4H3,(H,18,19). The highest BCUT2D eigenvalue weighted by atomic mass is 16.5. The highest BCUT2D eigenvalue weighted by Crippen LogP contribution is 2.19. The molecular formula is C15H21NO4. The predicted molar refractivity (Wildman–Crippen MR) is 75.6 cm³/mol. The van der Waals surface area contributed by atoms with Crippen molar-refractivity contribution in [3.05, 3.63) is 35.4 Å². The number of hydrogen-bond donors (Lipinski definition) is 1. The van der Waals surface area contributed by atoms with E-state index in [1.165, 1.54) is 18.7 Å². The van der Waals surface area contributed by atoms with Crippen LogP contribution in [0, 0.1) is 0 Å². The van der Waals surface area contributed by atoms with Crippen LogP contribution < -0.4 is 0 Å². The van der Waals surface area contributed by atoms with Crippen molar-refractivity contribution in [2.24, 2.45) is 0 Å². The van der Waals surface area contributed by atoms with Gasteiger partial charge in [-0.1, -0.05) is 12.1 Å². The molecule has 110 valence electrons. The van der Waals surface area contributed by atoms with Gasteiger partial charge in [0.25, 0.3) is 5.91 Å². The molecule has 0 unspecified atom stereocenters. The molecule has 1 N–H and O–H groups in total. The van der Waals surface area contributed by atoms with Gasteiger partial charge in [0.1, 0.15) is 5.54 Å². The number of benzene rings is 1. The van der Waals surface area contributed by atoms with Gasteiger partial charge < -0.3 is 14.7 Å². The number of carbonyl (C=O) groups excluding carboxylic acids is 1. The van der Waals surface area contributed by atoms with Crippen LogP contribution in [0.15, 0.2) is 24.3 Å². The lowest BCUT2D eigenvalue weighted by Gasteiger charge is -2.34. The summed E-state index contributed by atoms with van der Waals surface area (Å²) in [7, 11) is 1.58. The molecule has 0 saturated carbocycles. The number of amides is 1. The fourth-order valence-electron chi connectivity index (χ4n) is 2.02. The van der Waals surface area contributed by atoms with Gasteiger partial charge in [-0.05, 0) is 38.5 Å². The minimum Gasteiger partial charge on any atom is -0.480 e. The summed E-state index contributed by atoms with van der Waals surface area (Å²) in [5.74, 6) is -1.32. The van der Waals surface area contributed by atoms with E-state index in [4.69, 9.17) is 4.74 Å². The maximum Gasteiger partial charge on any atom is 0.329 e. The Morgan fingerprint density at radius 3 is 2.50 bits per heavy atom. The first kappa shape index (κ1) is 16.2. The number of methoxy groups -OCH3 is 1. The molecule has 0 heterocycles.